The Morgan fingerprint density at radius 1 is 1.53 bits per heavy atom. The molecule has 94 valence electrons. The van der Waals surface area contributed by atoms with Crippen molar-refractivity contribution in [3.8, 4) is 0 Å². The summed E-state index contributed by atoms with van der Waals surface area (Å²) in [7, 11) is -2.84. The lowest BCUT2D eigenvalue weighted by molar-refractivity contribution is -0.120. The molecule has 0 aliphatic carbocycles. The van der Waals surface area contributed by atoms with E-state index < -0.39 is 9.84 Å². The van der Waals surface area contributed by atoms with Gasteiger partial charge in [-0.25, -0.2) is 8.42 Å². The van der Waals surface area contributed by atoms with Crippen LogP contribution in [0.15, 0.2) is 17.5 Å². The van der Waals surface area contributed by atoms with Gasteiger partial charge < -0.3 is 5.32 Å². The minimum Gasteiger partial charge on any atom is -0.355 e. The molecule has 1 unspecified atom stereocenters. The van der Waals surface area contributed by atoms with Gasteiger partial charge in [0, 0.05) is 11.4 Å². The van der Waals surface area contributed by atoms with Gasteiger partial charge in [-0.15, -0.1) is 11.3 Å². The third-order valence-corrected chi connectivity index (χ3v) is 5.54. The first kappa shape index (κ1) is 12.6. The number of rotatable bonds is 4. The van der Waals surface area contributed by atoms with Gasteiger partial charge in [0.15, 0.2) is 9.84 Å². The van der Waals surface area contributed by atoms with Crippen molar-refractivity contribution in [3.05, 3.63) is 22.4 Å². The van der Waals surface area contributed by atoms with Crippen LogP contribution >= 0.6 is 11.3 Å². The van der Waals surface area contributed by atoms with Gasteiger partial charge in [-0.1, -0.05) is 6.07 Å². The van der Waals surface area contributed by atoms with E-state index in [-0.39, 0.29) is 23.3 Å². The van der Waals surface area contributed by atoms with Crippen LogP contribution in [0.3, 0.4) is 0 Å². The second-order valence-electron chi connectivity index (χ2n) is 4.33. The highest BCUT2D eigenvalue weighted by atomic mass is 32.2. The molecule has 1 aromatic heterocycles. The van der Waals surface area contributed by atoms with E-state index in [9.17, 15) is 13.2 Å². The van der Waals surface area contributed by atoms with Crippen molar-refractivity contribution in [1.82, 2.24) is 5.32 Å². The van der Waals surface area contributed by atoms with Crippen molar-refractivity contribution in [3.63, 3.8) is 0 Å². The number of carbonyl (C=O) groups is 1. The molecular formula is C11H15NO3S2. The standard InChI is InChI=1S/C11H15NO3S2/c13-11(6-10-2-1-4-16-10)12-7-9-3-5-17(14,15)8-9/h1-2,4,9H,3,5-8H2,(H,12,13). The lowest BCUT2D eigenvalue weighted by Crippen LogP contribution is -2.30. The van der Waals surface area contributed by atoms with Crippen LogP contribution < -0.4 is 5.32 Å². The Bertz CT molecular complexity index is 479. The topological polar surface area (TPSA) is 63.2 Å². The summed E-state index contributed by atoms with van der Waals surface area (Å²) >= 11 is 1.55. The van der Waals surface area contributed by atoms with Crippen molar-refractivity contribution in [2.75, 3.05) is 18.1 Å². The lowest BCUT2D eigenvalue weighted by Gasteiger charge is -2.08. The molecule has 1 aromatic rings. The van der Waals surface area contributed by atoms with Crippen LogP contribution in [0.2, 0.25) is 0 Å². The molecule has 0 bridgehead atoms. The van der Waals surface area contributed by atoms with E-state index in [0.717, 1.165) is 4.88 Å². The SMILES string of the molecule is O=C(Cc1cccs1)NCC1CCS(=O)(=O)C1. The first-order valence-electron chi connectivity index (χ1n) is 5.55. The molecular weight excluding hydrogens is 258 g/mol. The van der Waals surface area contributed by atoms with Crippen LogP contribution in [-0.4, -0.2) is 32.4 Å². The fraction of sp³-hybridized carbons (Fsp3) is 0.545. The predicted octanol–water partition coefficient (Wildman–Crippen LogP) is 0.842. The van der Waals surface area contributed by atoms with Gasteiger partial charge in [-0.05, 0) is 23.8 Å². The summed E-state index contributed by atoms with van der Waals surface area (Å²) in [5.74, 6) is 0.536. The number of sulfone groups is 1. The van der Waals surface area contributed by atoms with E-state index in [2.05, 4.69) is 5.32 Å². The molecule has 6 heteroatoms. The third-order valence-electron chi connectivity index (χ3n) is 2.83. The molecule has 4 nitrogen and oxygen atoms in total. The quantitative estimate of drug-likeness (QED) is 0.884. The molecule has 1 aliphatic rings. The van der Waals surface area contributed by atoms with Crippen molar-refractivity contribution in [1.29, 1.82) is 0 Å². The maximum atomic E-state index is 11.6. The second kappa shape index (κ2) is 5.18. The average molecular weight is 273 g/mol. The molecule has 17 heavy (non-hydrogen) atoms. The molecule has 2 rings (SSSR count). The van der Waals surface area contributed by atoms with Crippen LogP contribution in [0.25, 0.3) is 0 Å². The Labute approximate surface area is 105 Å². The van der Waals surface area contributed by atoms with E-state index in [4.69, 9.17) is 0 Å². The van der Waals surface area contributed by atoms with Gasteiger partial charge >= 0.3 is 0 Å². The Hall–Kier alpha value is -0.880. The minimum atomic E-state index is -2.84. The first-order chi connectivity index (χ1) is 8.05. The molecule has 0 saturated carbocycles. The van der Waals surface area contributed by atoms with Crippen molar-refractivity contribution in [2.45, 2.75) is 12.8 Å². The zero-order valence-corrected chi connectivity index (χ0v) is 11.0. The predicted molar refractivity (Wildman–Crippen MR) is 67.8 cm³/mol. The third kappa shape index (κ3) is 3.81. The number of carbonyl (C=O) groups excluding carboxylic acids is 1. The minimum absolute atomic E-state index is 0.0308. The molecule has 1 atom stereocenters. The first-order valence-corrected chi connectivity index (χ1v) is 8.25. The summed E-state index contributed by atoms with van der Waals surface area (Å²) in [6.07, 6.45) is 1.05. The molecule has 2 heterocycles. The largest absolute Gasteiger partial charge is 0.355 e. The van der Waals surface area contributed by atoms with Crippen LogP contribution in [0, 0.1) is 5.92 Å². The molecule has 1 amide bonds. The summed E-state index contributed by atoms with van der Waals surface area (Å²) in [6.45, 7) is 0.476. The van der Waals surface area contributed by atoms with E-state index >= 15 is 0 Å². The van der Waals surface area contributed by atoms with Crippen LogP contribution in [0.4, 0.5) is 0 Å². The smallest absolute Gasteiger partial charge is 0.225 e. The van der Waals surface area contributed by atoms with Crippen molar-refractivity contribution >= 4 is 27.1 Å². The summed E-state index contributed by atoms with van der Waals surface area (Å²) in [5, 5.41) is 4.74. The monoisotopic (exact) mass is 273 g/mol. The maximum Gasteiger partial charge on any atom is 0.225 e. The van der Waals surface area contributed by atoms with Gasteiger partial charge in [0.05, 0.1) is 17.9 Å². The Kier molecular flexibility index (Phi) is 3.83. The van der Waals surface area contributed by atoms with Gasteiger partial charge in [-0.2, -0.15) is 0 Å². The van der Waals surface area contributed by atoms with Crippen LogP contribution in [0.5, 0.6) is 0 Å². The lowest BCUT2D eigenvalue weighted by atomic mass is 10.1. The molecule has 1 aliphatic heterocycles. The molecule has 0 aromatic carbocycles. The zero-order chi connectivity index (χ0) is 12.3. The Morgan fingerprint density at radius 3 is 2.94 bits per heavy atom. The maximum absolute atomic E-state index is 11.6. The Balaban J connectivity index is 1.74. The fourth-order valence-corrected chi connectivity index (χ4v) is 4.49. The second-order valence-corrected chi connectivity index (χ2v) is 7.59. The van der Waals surface area contributed by atoms with E-state index in [1.54, 1.807) is 11.3 Å². The average Bonchev–Trinajstić information content (AvgIpc) is 2.85. The van der Waals surface area contributed by atoms with Gasteiger partial charge in [0.25, 0.3) is 0 Å². The van der Waals surface area contributed by atoms with Crippen LogP contribution in [-0.2, 0) is 21.1 Å². The van der Waals surface area contributed by atoms with Crippen molar-refractivity contribution in [2.24, 2.45) is 5.92 Å². The zero-order valence-electron chi connectivity index (χ0n) is 9.39. The number of hydrogen-bond donors (Lipinski definition) is 1. The molecule has 1 saturated heterocycles. The number of hydrogen-bond acceptors (Lipinski definition) is 4. The summed E-state index contributed by atoms with van der Waals surface area (Å²) in [5.41, 5.74) is 0. The number of nitrogens with one attached hydrogen (secondary N) is 1. The summed E-state index contributed by atoms with van der Waals surface area (Å²) in [6, 6.07) is 3.83. The molecule has 1 fully saturated rings. The highest BCUT2D eigenvalue weighted by Gasteiger charge is 2.27. The Morgan fingerprint density at radius 2 is 2.35 bits per heavy atom. The van der Waals surface area contributed by atoms with Gasteiger partial charge in [-0.3, -0.25) is 4.79 Å². The highest BCUT2D eigenvalue weighted by molar-refractivity contribution is 7.91. The summed E-state index contributed by atoms with van der Waals surface area (Å²) < 4.78 is 22.5. The van der Waals surface area contributed by atoms with Gasteiger partial charge in [0.2, 0.25) is 5.91 Å². The number of thiophene rings is 1. The van der Waals surface area contributed by atoms with Crippen molar-refractivity contribution < 1.29 is 13.2 Å². The van der Waals surface area contributed by atoms with E-state index in [0.29, 0.717) is 19.4 Å². The van der Waals surface area contributed by atoms with E-state index in [1.165, 1.54) is 0 Å². The molecule has 0 radical (unpaired) electrons. The van der Waals surface area contributed by atoms with E-state index in [1.807, 2.05) is 17.5 Å². The fourth-order valence-electron chi connectivity index (χ4n) is 1.93. The number of amides is 1. The van der Waals surface area contributed by atoms with Gasteiger partial charge in [0.1, 0.15) is 0 Å². The normalized spacial score (nSPS) is 22.5. The highest BCUT2D eigenvalue weighted by Crippen LogP contribution is 2.17. The molecule has 1 N–H and O–H groups in total. The van der Waals surface area contributed by atoms with Crippen LogP contribution in [0.1, 0.15) is 11.3 Å². The molecule has 0 spiro atoms. The summed E-state index contributed by atoms with van der Waals surface area (Å²) in [4.78, 5) is 12.6.